The normalized spacial score (nSPS) is 11.6. The summed E-state index contributed by atoms with van der Waals surface area (Å²) in [6, 6.07) is 14.6. The Bertz CT molecular complexity index is 1030. The molecule has 3 rings (SSSR count). The Morgan fingerprint density at radius 3 is 2.67 bits per heavy atom. The minimum absolute atomic E-state index is 0.0811. The zero-order valence-electron chi connectivity index (χ0n) is 17.1. The molecule has 0 aliphatic carbocycles. The van der Waals surface area contributed by atoms with Crippen LogP contribution in [0.3, 0.4) is 0 Å². The maximum atomic E-state index is 12.5. The number of aryl methyl sites for hydroxylation is 1. The van der Waals surface area contributed by atoms with Crippen LogP contribution in [0.25, 0.3) is 0 Å². The molecule has 0 saturated heterocycles. The van der Waals surface area contributed by atoms with Crippen LogP contribution in [0.1, 0.15) is 51.0 Å². The molecule has 2 amide bonds. The van der Waals surface area contributed by atoms with E-state index < -0.39 is 0 Å². The van der Waals surface area contributed by atoms with Gasteiger partial charge in [0.15, 0.2) is 5.01 Å². The first kappa shape index (κ1) is 21.4. The van der Waals surface area contributed by atoms with Crippen LogP contribution in [0.4, 0.5) is 5.69 Å². The Balaban J connectivity index is 1.60. The van der Waals surface area contributed by atoms with Gasteiger partial charge in [0.25, 0.3) is 11.8 Å². The Kier molecular flexibility index (Phi) is 7.13. The summed E-state index contributed by atoms with van der Waals surface area (Å²) < 4.78 is 5.70. The van der Waals surface area contributed by atoms with E-state index in [1.807, 2.05) is 45.0 Å². The van der Waals surface area contributed by atoms with Crippen molar-refractivity contribution in [1.82, 2.24) is 15.5 Å². The second-order valence-electron chi connectivity index (χ2n) is 6.92. The second-order valence-corrected chi connectivity index (χ2v) is 7.99. The highest BCUT2D eigenvalue weighted by Crippen LogP contribution is 2.18. The van der Waals surface area contributed by atoms with E-state index in [1.165, 1.54) is 11.3 Å². The fourth-order valence-electron chi connectivity index (χ4n) is 2.59. The molecule has 156 valence electrons. The number of benzene rings is 2. The number of carbonyl (C=O) groups excluding carboxylic acids is 2. The highest BCUT2D eigenvalue weighted by molar-refractivity contribution is 7.13. The van der Waals surface area contributed by atoms with Crippen molar-refractivity contribution in [3.63, 3.8) is 0 Å². The van der Waals surface area contributed by atoms with E-state index in [9.17, 15) is 9.59 Å². The standard InChI is InChI=1S/C22H24N4O3S/c1-4-15(3)23-20(27)16-8-6-9-17(12-16)24-21(28)22-26-25-19(30-22)13-29-18-10-5-7-14(2)11-18/h5-12,15H,4,13H2,1-3H3,(H,23,27)(H,24,28)/t15-/m1/s1. The van der Waals surface area contributed by atoms with Gasteiger partial charge in [-0.1, -0.05) is 36.5 Å². The minimum Gasteiger partial charge on any atom is -0.486 e. The predicted octanol–water partition coefficient (Wildman–Crippen LogP) is 4.21. The first-order valence-electron chi connectivity index (χ1n) is 9.68. The van der Waals surface area contributed by atoms with E-state index in [1.54, 1.807) is 24.3 Å². The SMILES string of the molecule is CC[C@@H](C)NC(=O)c1cccc(NC(=O)c2nnc(COc3cccc(C)c3)s2)c1. The Morgan fingerprint density at radius 2 is 1.90 bits per heavy atom. The number of amides is 2. The summed E-state index contributed by atoms with van der Waals surface area (Å²) in [6.07, 6.45) is 0.842. The molecule has 0 unspecified atom stereocenters. The van der Waals surface area contributed by atoms with E-state index in [0.717, 1.165) is 17.7 Å². The topological polar surface area (TPSA) is 93.2 Å². The number of carbonyl (C=O) groups is 2. The van der Waals surface area contributed by atoms with Crippen LogP contribution in [0, 0.1) is 6.92 Å². The molecule has 1 aromatic heterocycles. The summed E-state index contributed by atoms with van der Waals surface area (Å²) in [6.45, 7) is 6.17. The van der Waals surface area contributed by atoms with Gasteiger partial charge < -0.3 is 15.4 Å². The van der Waals surface area contributed by atoms with E-state index in [-0.39, 0.29) is 29.5 Å². The lowest BCUT2D eigenvalue weighted by Gasteiger charge is -2.12. The van der Waals surface area contributed by atoms with E-state index in [0.29, 0.717) is 16.3 Å². The average Bonchev–Trinajstić information content (AvgIpc) is 3.21. The third-order valence-electron chi connectivity index (χ3n) is 4.39. The molecule has 0 aliphatic heterocycles. The van der Waals surface area contributed by atoms with Gasteiger partial charge in [0.05, 0.1) is 0 Å². The molecule has 1 heterocycles. The van der Waals surface area contributed by atoms with Crippen LogP contribution >= 0.6 is 11.3 Å². The quantitative estimate of drug-likeness (QED) is 0.565. The summed E-state index contributed by atoms with van der Waals surface area (Å²) >= 11 is 1.17. The monoisotopic (exact) mass is 424 g/mol. The van der Waals surface area contributed by atoms with Crippen LogP contribution in [0.15, 0.2) is 48.5 Å². The Morgan fingerprint density at radius 1 is 1.10 bits per heavy atom. The largest absolute Gasteiger partial charge is 0.486 e. The predicted molar refractivity (Wildman–Crippen MR) is 117 cm³/mol. The van der Waals surface area contributed by atoms with Gasteiger partial charge in [-0.2, -0.15) is 0 Å². The smallest absolute Gasteiger partial charge is 0.286 e. The number of hydrogen-bond donors (Lipinski definition) is 2. The zero-order valence-corrected chi connectivity index (χ0v) is 18.0. The molecule has 0 fully saturated rings. The van der Waals surface area contributed by atoms with Crippen LogP contribution in [-0.2, 0) is 6.61 Å². The van der Waals surface area contributed by atoms with Crippen molar-refractivity contribution >= 4 is 28.8 Å². The number of nitrogens with one attached hydrogen (secondary N) is 2. The molecular formula is C22H24N4O3S. The molecule has 0 spiro atoms. The van der Waals surface area contributed by atoms with Crippen LogP contribution < -0.4 is 15.4 Å². The van der Waals surface area contributed by atoms with Crippen LogP contribution in [0.2, 0.25) is 0 Å². The van der Waals surface area contributed by atoms with Crippen molar-refractivity contribution in [2.24, 2.45) is 0 Å². The lowest BCUT2D eigenvalue weighted by Crippen LogP contribution is -2.31. The van der Waals surface area contributed by atoms with Gasteiger partial charge >= 0.3 is 0 Å². The first-order valence-corrected chi connectivity index (χ1v) is 10.5. The summed E-state index contributed by atoms with van der Waals surface area (Å²) in [5.41, 5.74) is 2.10. The fourth-order valence-corrected chi connectivity index (χ4v) is 3.23. The summed E-state index contributed by atoms with van der Waals surface area (Å²) in [5.74, 6) is 0.185. The lowest BCUT2D eigenvalue weighted by atomic mass is 10.1. The van der Waals surface area contributed by atoms with Crippen LogP contribution in [0.5, 0.6) is 5.75 Å². The third-order valence-corrected chi connectivity index (χ3v) is 5.28. The third kappa shape index (κ3) is 5.87. The van der Waals surface area contributed by atoms with Gasteiger partial charge in [0.2, 0.25) is 5.01 Å². The number of anilines is 1. The molecule has 2 N–H and O–H groups in total. The van der Waals surface area contributed by atoms with E-state index >= 15 is 0 Å². The van der Waals surface area contributed by atoms with E-state index in [2.05, 4.69) is 20.8 Å². The lowest BCUT2D eigenvalue weighted by molar-refractivity contribution is 0.0938. The number of hydrogen-bond acceptors (Lipinski definition) is 6. The van der Waals surface area contributed by atoms with Crippen molar-refractivity contribution in [2.75, 3.05) is 5.32 Å². The highest BCUT2D eigenvalue weighted by atomic mass is 32.1. The van der Waals surface area contributed by atoms with Gasteiger partial charge in [0.1, 0.15) is 12.4 Å². The minimum atomic E-state index is -0.381. The second kappa shape index (κ2) is 9.98. The van der Waals surface area contributed by atoms with Crippen molar-refractivity contribution in [3.05, 3.63) is 69.7 Å². The maximum Gasteiger partial charge on any atom is 0.286 e. The molecule has 0 aliphatic rings. The molecule has 7 nitrogen and oxygen atoms in total. The Labute approximate surface area is 179 Å². The maximum absolute atomic E-state index is 12.5. The number of ether oxygens (including phenoxy) is 1. The molecular weight excluding hydrogens is 400 g/mol. The average molecular weight is 425 g/mol. The zero-order chi connectivity index (χ0) is 21.5. The molecule has 0 bridgehead atoms. The van der Waals surface area contributed by atoms with Crippen molar-refractivity contribution in [1.29, 1.82) is 0 Å². The van der Waals surface area contributed by atoms with Crippen molar-refractivity contribution < 1.29 is 14.3 Å². The number of aromatic nitrogens is 2. The number of nitrogens with zero attached hydrogens (tertiary/aromatic N) is 2. The van der Waals surface area contributed by atoms with Crippen LogP contribution in [-0.4, -0.2) is 28.1 Å². The van der Waals surface area contributed by atoms with Crippen molar-refractivity contribution in [3.8, 4) is 5.75 Å². The summed E-state index contributed by atoms with van der Waals surface area (Å²) in [4.78, 5) is 24.8. The van der Waals surface area contributed by atoms with Gasteiger partial charge in [-0.25, -0.2) is 0 Å². The molecule has 8 heteroatoms. The van der Waals surface area contributed by atoms with Gasteiger partial charge in [-0.05, 0) is 56.2 Å². The first-order chi connectivity index (χ1) is 14.4. The summed E-state index contributed by atoms with van der Waals surface area (Å²) in [7, 11) is 0. The molecule has 0 saturated carbocycles. The van der Waals surface area contributed by atoms with Gasteiger partial charge in [-0.3, -0.25) is 9.59 Å². The molecule has 0 radical (unpaired) electrons. The van der Waals surface area contributed by atoms with Gasteiger partial charge in [-0.15, -0.1) is 10.2 Å². The molecule has 30 heavy (non-hydrogen) atoms. The fraction of sp³-hybridized carbons (Fsp3) is 0.273. The number of rotatable bonds is 8. The molecule has 1 atom stereocenters. The van der Waals surface area contributed by atoms with Gasteiger partial charge in [0, 0.05) is 17.3 Å². The summed E-state index contributed by atoms with van der Waals surface area (Å²) in [5, 5.41) is 14.5. The highest BCUT2D eigenvalue weighted by Gasteiger charge is 2.15. The Hall–Kier alpha value is -3.26. The molecule has 2 aromatic carbocycles. The van der Waals surface area contributed by atoms with Crippen molar-refractivity contribution in [2.45, 2.75) is 39.8 Å². The van der Waals surface area contributed by atoms with E-state index in [4.69, 9.17) is 4.74 Å². The molecule has 3 aromatic rings.